The molecule has 1 saturated heterocycles. The van der Waals surface area contributed by atoms with Crippen molar-refractivity contribution < 1.29 is 37.1 Å². The number of carbonyl (C=O) groups is 3. The summed E-state index contributed by atoms with van der Waals surface area (Å²) >= 11 is 0. The van der Waals surface area contributed by atoms with Gasteiger partial charge in [0.05, 0.1) is 28.7 Å². The molecule has 0 radical (unpaired) electrons. The minimum atomic E-state index is -4.96. The molecule has 5 rings (SSSR count). The first kappa shape index (κ1) is 31.0. The minimum absolute atomic E-state index is 0.0999. The summed E-state index contributed by atoms with van der Waals surface area (Å²) in [5.41, 5.74) is -0.697. The fourth-order valence-electron chi connectivity index (χ4n) is 6.32. The number of hydrogen-bond donors (Lipinski definition) is 3. The van der Waals surface area contributed by atoms with Crippen molar-refractivity contribution in [2.45, 2.75) is 63.7 Å². The number of likely N-dealkylation sites (tertiary alicyclic amines) is 1. The first-order valence-electron chi connectivity index (χ1n) is 14.6. The van der Waals surface area contributed by atoms with Crippen LogP contribution in [0.25, 0.3) is 0 Å². The van der Waals surface area contributed by atoms with E-state index in [2.05, 4.69) is 10.6 Å². The number of anilines is 2. The van der Waals surface area contributed by atoms with Crippen LogP contribution in [0.5, 0.6) is 0 Å². The van der Waals surface area contributed by atoms with E-state index in [-0.39, 0.29) is 17.8 Å². The van der Waals surface area contributed by atoms with E-state index in [4.69, 9.17) is 0 Å². The smallest absolute Gasteiger partial charge is 0.417 e. The third kappa shape index (κ3) is 6.56. The molecular formula is C33H33F4N3O4. The molecule has 0 spiro atoms. The van der Waals surface area contributed by atoms with Gasteiger partial charge >= 0.3 is 12.1 Å². The summed E-state index contributed by atoms with van der Waals surface area (Å²) in [7, 11) is 0. The van der Waals surface area contributed by atoms with Crippen molar-refractivity contribution in [3.8, 4) is 0 Å². The van der Waals surface area contributed by atoms with Crippen LogP contribution in [-0.4, -0.2) is 40.4 Å². The number of piperidine rings is 1. The summed E-state index contributed by atoms with van der Waals surface area (Å²) < 4.78 is 55.8. The van der Waals surface area contributed by atoms with Crippen LogP contribution in [-0.2, 0) is 11.0 Å². The van der Waals surface area contributed by atoms with Crippen LogP contribution in [0, 0.1) is 18.7 Å². The second-order valence-corrected chi connectivity index (χ2v) is 11.4. The molecule has 2 atom stereocenters. The van der Waals surface area contributed by atoms with Crippen LogP contribution in [0.3, 0.4) is 0 Å². The number of rotatable bonds is 7. The van der Waals surface area contributed by atoms with Gasteiger partial charge in [0.2, 0.25) is 5.91 Å². The molecule has 1 aliphatic heterocycles. The maximum atomic E-state index is 14.9. The predicted molar refractivity (Wildman–Crippen MR) is 157 cm³/mol. The molecule has 2 amide bonds. The van der Waals surface area contributed by atoms with Gasteiger partial charge in [-0.05, 0) is 80.1 Å². The lowest BCUT2D eigenvalue weighted by atomic mass is 9.83. The zero-order chi connectivity index (χ0) is 31.6. The van der Waals surface area contributed by atoms with Gasteiger partial charge in [-0.25, -0.2) is 9.18 Å². The molecule has 44 heavy (non-hydrogen) atoms. The van der Waals surface area contributed by atoms with Crippen molar-refractivity contribution in [2.75, 3.05) is 17.2 Å². The lowest BCUT2D eigenvalue weighted by Gasteiger charge is -2.41. The first-order valence-corrected chi connectivity index (χ1v) is 14.6. The predicted octanol–water partition coefficient (Wildman–Crippen LogP) is 7.44. The average molecular weight is 612 g/mol. The van der Waals surface area contributed by atoms with Crippen LogP contribution >= 0.6 is 0 Å². The summed E-state index contributed by atoms with van der Waals surface area (Å²) in [6.07, 6.45) is 0.214. The maximum absolute atomic E-state index is 14.9. The highest BCUT2D eigenvalue weighted by atomic mass is 19.4. The molecule has 2 aliphatic rings. The number of aromatic carboxylic acids is 1. The van der Waals surface area contributed by atoms with Gasteiger partial charge in [0, 0.05) is 24.0 Å². The number of aryl methyl sites for hydroxylation is 1. The second-order valence-electron chi connectivity index (χ2n) is 11.4. The van der Waals surface area contributed by atoms with E-state index in [0.29, 0.717) is 36.1 Å². The number of benzene rings is 3. The molecule has 3 aromatic carbocycles. The Bertz CT molecular complexity index is 1530. The zero-order valence-electron chi connectivity index (χ0n) is 24.1. The summed E-state index contributed by atoms with van der Waals surface area (Å²) in [6, 6.07) is 13.7. The van der Waals surface area contributed by atoms with E-state index in [1.54, 1.807) is 13.0 Å². The summed E-state index contributed by atoms with van der Waals surface area (Å²) in [5, 5.41) is 15.2. The van der Waals surface area contributed by atoms with Crippen molar-refractivity contribution in [3.63, 3.8) is 0 Å². The molecular weight excluding hydrogens is 578 g/mol. The zero-order valence-corrected chi connectivity index (χ0v) is 24.1. The van der Waals surface area contributed by atoms with Gasteiger partial charge in [0.1, 0.15) is 5.82 Å². The normalized spacial score (nSPS) is 19.1. The van der Waals surface area contributed by atoms with E-state index in [1.807, 2.05) is 24.3 Å². The Balaban J connectivity index is 1.49. The number of carbonyl (C=O) groups excluding carboxylic acids is 2. The molecule has 7 nitrogen and oxygen atoms in total. The summed E-state index contributed by atoms with van der Waals surface area (Å²) in [4.78, 5) is 40.4. The van der Waals surface area contributed by atoms with Gasteiger partial charge in [0.15, 0.2) is 0 Å². The van der Waals surface area contributed by atoms with Crippen molar-refractivity contribution in [1.82, 2.24) is 4.90 Å². The highest BCUT2D eigenvalue weighted by Gasteiger charge is 2.41. The third-order valence-corrected chi connectivity index (χ3v) is 8.47. The van der Waals surface area contributed by atoms with Crippen molar-refractivity contribution in [2.24, 2.45) is 5.92 Å². The first-order chi connectivity index (χ1) is 20.9. The van der Waals surface area contributed by atoms with E-state index in [9.17, 15) is 37.1 Å². The van der Waals surface area contributed by atoms with Crippen LogP contribution in [0.2, 0.25) is 0 Å². The van der Waals surface area contributed by atoms with Crippen molar-refractivity contribution in [3.05, 3.63) is 94.3 Å². The Hall–Kier alpha value is -4.41. The number of hydrogen-bond acceptors (Lipinski definition) is 4. The third-order valence-electron chi connectivity index (χ3n) is 8.47. The number of nitrogens with one attached hydrogen (secondary N) is 2. The molecule has 0 bridgehead atoms. The SMILES string of the molecule is Cc1cccc(F)c1C(=O)N1CCC[C@H](C(=O)Nc2ccc(C(=O)O)c(C(F)(F)F)c2)C1c1ccc(NC2CCCC2)cc1. The minimum Gasteiger partial charge on any atom is -0.478 e. The molecule has 1 aliphatic carbocycles. The standard InChI is InChI=1S/C33H33F4N3O4/c1-19-6-4-10-27(34)28(19)31(42)40-17-5-9-25(29(40)20-11-13-22(14-12-20)38-21-7-2-3-8-21)30(41)39-23-15-16-24(32(43)44)26(18-23)33(35,36)37/h4,6,10-16,18,21,25,29,38H,2-3,5,7-9,17H2,1H3,(H,39,41)(H,43,44)/t25-,29?/m0/s1. The topological polar surface area (TPSA) is 98.7 Å². The number of nitrogens with zero attached hydrogens (tertiary/aromatic N) is 1. The molecule has 3 aromatic rings. The largest absolute Gasteiger partial charge is 0.478 e. The van der Waals surface area contributed by atoms with Crippen LogP contribution in [0.1, 0.15) is 82.0 Å². The molecule has 1 saturated carbocycles. The van der Waals surface area contributed by atoms with Gasteiger partial charge in [-0.1, -0.05) is 37.1 Å². The molecule has 3 N–H and O–H groups in total. The molecule has 2 fully saturated rings. The van der Waals surface area contributed by atoms with Gasteiger partial charge < -0.3 is 20.6 Å². The number of carboxylic acid groups (broad SMARTS) is 1. The van der Waals surface area contributed by atoms with E-state index >= 15 is 0 Å². The molecule has 232 valence electrons. The lowest BCUT2D eigenvalue weighted by Crippen LogP contribution is -2.46. The summed E-state index contributed by atoms with van der Waals surface area (Å²) in [6.45, 7) is 1.87. The lowest BCUT2D eigenvalue weighted by molar-refractivity contribution is -0.138. The Morgan fingerprint density at radius 1 is 0.909 bits per heavy atom. The maximum Gasteiger partial charge on any atom is 0.417 e. The Morgan fingerprint density at radius 3 is 2.23 bits per heavy atom. The molecule has 0 aromatic heterocycles. The van der Waals surface area contributed by atoms with Crippen LogP contribution in [0.4, 0.5) is 28.9 Å². The van der Waals surface area contributed by atoms with E-state index in [0.717, 1.165) is 43.5 Å². The molecule has 1 unspecified atom stereocenters. The fraction of sp³-hybridized carbons (Fsp3) is 0.364. The quantitative estimate of drug-likeness (QED) is 0.241. The fourth-order valence-corrected chi connectivity index (χ4v) is 6.32. The van der Waals surface area contributed by atoms with Crippen molar-refractivity contribution >= 4 is 29.2 Å². The van der Waals surface area contributed by atoms with Crippen molar-refractivity contribution in [1.29, 1.82) is 0 Å². The number of alkyl halides is 3. The van der Waals surface area contributed by atoms with Crippen LogP contribution in [0.15, 0.2) is 60.7 Å². The molecule has 1 heterocycles. The Morgan fingerprint density at radius 2 is 1.59 bits per heavy atom. The van der Waals surface area contributed by atoms with E-state index < -0.39 is 52.9 Å². The summed E-state index contributed by atoms with van der Waals surface area (Å²) in [5.74, 6) is -4.54. The van der Waals surface area contributed by atoms with Crippen LogP contribution < -0.4 is 10.6 Å². The number of carboxylic acids is 1. The Labute approximate surface area is 252 Å². The highest BCUT2D eigenvalue weighted by Crippen LogP contribution is 2.40. The van der Waals surface area contributed by atoms with Gasteiger partial charge in [-0.2, -0.15) is 13.2 Å². The number of halogens is 4. The van der Waals surface area contributed by atoms with E-state index in [1.165, 1.54) is 17.0 Å². The average Bonchev–Trinajstić information content (AvgIpc) is 3.49. The van der Waals surface area contributed by atoms with Gasteiger partial charge in [0.25, 0.3) is 5.91 Å². The van der Waals surface area contributed by atoms with Gasteiger partial charge in [-0.15, -0.1) is 0 Å². The Kier molecular flexibility index (Phi) is 8.94. The second kappa shape index (κ2) is 12.7. The highest BCUT2D eigenvalue weighted by molar-refractivity contribution is 5.98. The monoisotopic (exact) mass is 611 g/mol. The molecule has 11 heteroatoms. The number of amides is 2. The van der Waals surface area contributed by atoms with Gasteiger partial charge in [-0.3, -0.25) is 9.59 Å².